The summed E-state index contributed by atoms with van der Waals surface area (Å²) in [5.74, 6) is -0.365. The first-order valence-electron chi connectivity index (χ1n) is 8.48. The molecule has 1 aliphatic carbocycles. The number of benzene rings is 1. The summed E-state index contributed by atoms with van der Waals surface area (Å²) >= 11 is 0. The second-order valence-corrected chi connectivity index (χ2v) is 6.78. The molecule has 2 fully saturated rings. The standard InChI is InChI=1S/C18H24F2N2O/c1-21-7-4-12-5-8-22(9-6-12)18(23)16-11-14(16)15-10-13(19)2-3-17(15)20/h2-3,10,12,14,16,21H,4-9,11H2,1H3. The number of piperidine rings is 1. The van der Waals surface area contributed by atoms with Crippen LogP contribution in [0.15, 0.2) is 18.2 Å². The van der Waals surface area contributed by atoms with Crippen LogP contribution in [0.3, 0.4) is 0 Å². The number of hydrogen-bond donors (Lipinski definition) is 1. The summed E-state index contributed by atoms with van der Waals surface area (Å²) in [6, 6.07) is 3.50. The van der Waals surface area contributed by atoms with Gasteiger partial charge >= 0.3 is 0 Å². The molecule has 1 heterocycles. The van der Waals surface area contributed by atoms with Crippen LogP contribution in [0.2, 0.25) is 0 Å². The van der Waals surface area contributed by atoms with Gasteiger partial charge in [-0.3, -0.25) is 4.79 Å². The quantitative estimate of drug-likeness (QED) is 0.904. The number of carbonyl (C=O) groups is 1. The lowest BCUT2D eigenvalue weighted by molar-refractivity contribution is -0.134. The van der Waals surface area contributed by atoms with E-state index < -0.39 is 11.6 Å². The lowest BCUT2D eigenvalue weighted by Gasteiger charge is -2.32. The van der Waals surface area contributed by atoms with Crippen molar-refractivity contribution in [1.82, 2.24) is 10.2 Å². The van der Waals surface area contributed by atoms with Crippen LogP contribution in [0.4, 0.5) is 8.78 Å². The normalized spacial score (nSPS) is 24.7. The Hall–Kier alpha value is -1.49. The van der Waals surface area contributed by atoms with Crippen molar-refractivity contribution in [2.45, 2.75) is 31.6 Å². The van der Waals surface area contributed by atoms with Gasteiger partial charge in [0, 0.05) is 19.0 Å². The first-order chi connectivity index (χ1) is 11.1. The summed E-state index contributed by atoms with van der Waals surface area (Å²) < 4.78 is 27.1. The maximum atomic E-state index is 13.8. The summed E-state index contributed by atoms with van der Waals surface area (Å²) in [6.07, 6.45) is 3.87. The maximum Gasteiger partial charge on any atom is 0.226 e. The molecular formula is C18H24F2N2O. The molecule has 3 nitrogen and oxygen atoms in total. The molecule has 23 heavy (non-hydrogen) atoms. The molecule has 3 rings (SSSR count). The Labute approximate surface area is 136 Å². The first-order valence-corrected chi connectivity index (χ1v) is 8.48. The van der Waals surface area contributed by atoms with E-state index in [9.17, 15) is 13.6 Å². The average Bonchev–Trinajstić information content (AvgIpc) is 3.35. The molecule has 1 aromatic carbocycles. The molecule has 0 spiro atoms. The van der Waals surface area contributed by atoms with Crippen LogP contribution in [0.25, 0.3) is 0 Å². The van der Waals surface area contributed by atoms with Crippen molar-refractivity contribution in [2.75, 3.05) is 26.7 Å². The maximum absolute atomic E-state index is 13.8. The molecule has 2 unspecified atom stereocenters. The number of carbonyl (C=O) groups excluding carboxylic acids is 1. The highest BCUT2D eigenvalue weighted by Crippen LogP contribution is 2.49. The van der Waals surface area contributed by atoms with Crippen LogP contribution < -0.4 is 5.32 Å². The molecule has 126 valence electrons. The highest BCUT2D eigenvalue weighted by molar-refractivity contribution is 5.83. The van der Waals surface area contributed by atoms with Gasteiger partial charge in [-0.1, -0.05) is 0 Å². The Kier molecular flexibility index (Phi) is 4.95. The third-order valence-corrected chi connectivity index (χ3v) is 5.19. The van der Waals surface area contributed by atoms with E-state index in [0.717, 1.165) is 51.0 Å². The molecule has 0 radical (unpaired) electrons. The van der Waals surface area contributed by atoms with Crippen molar-refractivity contribution in [1.29, 1.82) is 0 Å². The monoisotopic (exact) mass is 322 g/mol. The minimum Gasteiger partial charge on any atom is -0.342 e. The molecule has 1 aromatic rings. The third kappa shape index (κ3) is 3.71. The molecule has 1 amide bonds. The zero-order valence-electron chi connectivity index (χ0n) is 13.5. The van der Waals surface area contributed by atoms with Crippen LogP contribution in [0.1, 0.15) is 37.2 Å². The number of likely N-dealkylation sites (tertiary alicyclic amines) is 1. The van der Waals surface area contributed by atoms with E-state index in [1.807, 2.05) is 11.9 Å². The van der Waals surface area contributed by atoms with E-state index in [0.29, 0.717) is 17.9 Å². The fraction of sp³-hybridized carbons (Fsp3) is 0.611. The topological polar surface area (TPSA) is 32.3 Å². The van der Waals surface area contributed by atoms with Gasteiger partial charge in [0.05, 0.1) is 0 Å². The zero-order chi connectivity index (χ0) is 16.4. The molecule has 1 N–H and O–H groups in total. The van der Waals surface area contributed by atoms with Crippen molar-refractivity contribution in [3.8, 4) is 0 Å². The first kappa shape index (κ1) is 16.4. The van der Waals surface area contributed by atoms with Gasteiger partial charge in [-0.15, -0.1) is 0 Å². The van der Waals surface area contributed by atoms with E-state index in [1.54, 1.807) is 0 Å². The lowest BCUT2D eigenvalue weighted by atomic mass is 9.93. The molecule has 1 saturated carbocycles. The SMILES string of the molecule is CNCCC1CCN(C(=O)C2CC2c2cc(F)ccc2F)CC1. The highest BCUT2D eigenvalue weighted by Gasteiger charge is 2.47. The van der Waals surface area contributed by atoms with E-state index in [-0.39, 0.29) is 17.7 Å². The molecule has 1 saturated heterocycles. The largest absolute Gasteiger partial charge is 0.342 e. The Morgan fingerprint density at radius 2 is 2.04 bits per heavy atom. The van der Waals surface area contributed by atoms with Crippen molar-refractivity contribution in [2.24, 2.45) is 11.8 Å². The Balaban J connectivity index is 1.54. The summed E-state index contributed by atoms with van der Waals surface area (Å²) in [7, 11) is 1.96. The van der Waals surface area contributed by atoms with Gasteiger partial charge in [0.1, 0.15) is 11.6 Å². The Morgan fingerprint density at radius 3 is 2.74 bits per heavy atom. The molecule has 1 aliphatic heterocycles. The number of nitrogens with one attached hydrogen (secondary N) is 1. The van der Waals surface area contributed by atoms with Crippen LogP contribution in [0, 0.1) is 23.5 Å². The summed E-state index contributed by atoms with van der Waals surface area (Å²) in [5, 5.41) is 3.16. The summed E-state index contributed by atoms with van der Waals surface area (Å²) in [4.78, 5) is 14.5. The van der Waals surface area contributed by atoms with Crippen LogP contribution in [-0.2, 0) is 4.79 Å². The predicted molar refractivity (Wildman–Crippen MR) is 85.1 cm³/mol. The highest BCUT2D eigenvalue weighted by atomic mass is 19.1. The molecule has 2 atom stereocenters. The van der Waals surface area contributed by atoms with Gasteiger partial charge in [-0.2, -0.15) is 0 Å². The number of amides is 1. The molecule has 5 heteroatoms. The molecule has 2 aliphatic rings. The average molecular weight is 322 g/mol. The Bertz CT molecular complexity index is 570. The number of rotatable bonds is 5. The van der Waals surface area contributed by atoms with E-state index in [1.165, 1.54) is 6.07 Å². The van der Waals surface area contributed by atoms with Gasteiger partial charge in [0.25, 0.3) is 0 Å². The van der Waals surface area contributed by atoms with Gasteiger partial charge in [0.2, 0.25) is 5.91 Å². The van der Waals surface area contributed by atoms with Crippen molar-refractivity contribution in [3.05, 3.63) is 35.4 Å². The minimum atomic E-state index is -0.440. The molecule has 0 aromatic heterocycles. The van der Waals surface area contributed by atoms with Gasteiger partial charge in [-0.05, 0) is 74.9 Å². The van der Waals surface area contributed by atoms with Gasteiger partial charge in [0.15, 0.2) is 0 Å². The Morgan fingerprint density at radius 1 is 1.30 bits per heavy atom. The minimum absolute atomic E-state index is 0.116. The number of halogens is 2. The van der Waals surface area contributed by atoms with Crippen LogP contribution in [-0.4, -0.2) is 37.5 Å². The third-order valence-electron chi connectivity index (χ3n) is 5.19. The second-order valence-electron chi connectivity index (χ2n) is 6.78. The fourth-order valence-electron chi connectivity index (χ4n) is 3.64. The molecule has 0 bridgehead atoms. The number of hydrogen-bond acceptors (Lipinski definition) is 2. The van der Waals surface area contributed by atoms with E-state index >= 15 is 0 Å². The molecular weight excluding hydrogens is 298 g/mol. The van der Waals surface area contributed by atoms with Crippen molar-refractivity contribution < 1.29 is 13.6 Å². The number of nitrogens with zero attached hydrogens (tertiary/aromatic N) is 1. The fourth-order valence-corrected chi connectivity index (χ4v) is 3.64. The zero-order valence-corrected chi connectivity index (χ0v) is 13.5. The van der Waals surface area contributed by atoms with E-state index in [4.69, 9.17) is 0 Å². The summed E-state index contributed by atoms with van der Waals surface area (Å²) in [5.41, 5.74) is 0.354. The van der Waals surface area contributed by atoms with E-state index in [2.05, 4.69) is 5.32 Å². The lowest BCUT2D eigenvalue weighted by Crippen LogP contribution is -2.40. The van der Waals surface area contributed by atoms with Crippen molar-refractivity contribution in [3.63, 3.8) is 0 Å². The summed E-state index contributed by atoms with van der Waals surface area (Å²) in [6.45, 7) is 2.60. The smallest absolute Gasteiger partial charge is 0.226 e. The van der Waals surface area contributed by atoms with Gasteiger partial charge < -0.3 is 10.2 Å². The second kappa shape index (κ2) is 6.95. The van der Waals surface area contributed by atoms with Crippen LogP contribution >= 0.6 is 0 Å². The predicted octanol–water partition coefficient (Wildman–Crippen LogP) is 2.92. The van der Waals surface area contributed by atoms with Crippen molar-refractivity contribution >= 4 is 5.91 Å². The van der Waals surface area contributed by atoms with Crippen LogP contribution in [0.5, 0.6) is 0 Å². The van der Waals surface area contributed by atoms with Gasteiger partial charge in [-0.25, -0.2) is 8.78 Å².